The predicted molar refractivity (Wildman–Crippen MR) is 115 cm³/mol. The zero-order valence-electron chi connectivity index (χ0n) is 18.0. The van der Waals surface area contributed by atoms with E-state index in [2.05, 4.69) is 29.4 Å². The summed E-state index contributed by atoms with van der Waals surface area (Å²) in [5.74, 6) is 1.96. The van der Waals surface area contributed by atoms with Crippen LogP contribution in [0.2, 0.25) is 0 Å². The summed E-state index contributed by atoms with van der Waals surface area (Å²) in [7, 11) is 0. The van der Waals surface area contributed by atoms with E-state index in [1.54, 1.807) is 16.8 Å². The van der Waals surface area contributed by atoms with Crippen LogP contribution in [0, 0.1) is 11.8 Å². The van der Waals surface area contributed by atoms with Gasteiger partial charge in [0.1, 0.15) is 11.6 Å². The number of ether oxygens (including phenoxy) is 1. The summed E-state index contributed by atoms with van der Waals surface area (Å²) in [6, 6.07) is 7.32. The Morgan fingerprint density at radius 2 is 1.87 bits per heavy atom. The second-order valence-electron chi connectivity index (χ2n) is 7.92. The van der Waals surface area contributed by atoms with E-state index < -0.39 is 0 Å². The van der Waals surface area contributed by atoms with Crippen molar-refractivity contribution in [1.82, 2.24) is 24.5 Å². The lowest BCUT2D eigenvalue weighted by atomic mass is 10.0. The molecule has 160 valence electrons. The van der Waals surface area contributed by atoms with E-state index in [0.717, 1.165) is 11.4 Å². The first kappa shape index (κ1) is 21.5. The highest BCUT2D eigenvalue weighted by Gasteiger charge is 2.16. The molecule has 2 heterocycles. The molecule has 0 spiro atoms. The molecule has 2 aromatic heterocycles. The number of nitrogens with zero attached hydrogens (tertiary/aromatic N) is 4. The third-order valence-corrected chi connectivity index (χ3v) is 4.74. The SMILES string of the molecule is CCOc1ccc(-n2ccn3c(CC(C)CC(=O)NCC(C)C)nnc3c2=O)cc1. The standard InChI is InChI=1S/C22H29N5O3/c1-5-30-18-8-6-17(7-9-18)26-10-11-27-19(24-25-21(27)22(26)29)12-16(4)13-20(28)23-14-15(2)3/h6-11,15-16H,5,12-14H2,1-4H3,(H,23,28). The van der Waals surface area contributed by atoms with Crippen LogP contribution in [0.4, 0.5) is 0 Å². The highest BCUT2D eigenvalue weighted by atomic mass is 16.5. The number of fused-ring (bicyclic) bond motifs is 1. The number of hydrogen-bond donors (Lipinski definition) is 1. The maximum Gasteiger partial charge on any atom is 0.300 e. The van der Waals surface area contributed by atoms with Crippen LogP contribution in [0.1, 0.15) is 39.9 Å². The van der Waals surface area contributed by atoms with Crippen molar-refractivity contribution in [1.29, 1.82) is 0 Å². The third-order valence-electron chi connectivity index (χ3n) is 4.74. The maximum absolute atomic E-state index is 12.9. The van der Waals surface area contributed by atoms with Gasteiger partial charge in [-0.05, 0) is 43.0 Å². The Morgan fingerprint density at radius 3 is 2.53 bits per heavy atom. The molecule has 30 heavy (non-hydrogen) atoms. The monoisotopic (exact) mass is 411 g/mol. The number of nitrogens with one attached hydrogen (secondary N) is 1. The molecule has 8 nitrogen and oxygen atoms in total. The van der Waals surface area contributed by atoms with Crippen molar-refractivity contribution in [2.24, 2.45) is 11.8 Å². The summed E-state index contributed by atoms with van der Waals surface area (Å²) in [6.07, 6.45) is 4.46. The van der Waals surface area contributed by atoms with Crippen molar-refractivity contribution in [2.45, 2.75) is 40.5 Å². The number of benzene rings is 1. The summed E-state index contributed by atoms with van der Waals surface area (Å²) >= 11 is 0. The molecule has 0 fully saturated rings. The molecule has 1 aromatic carbocycles. The molecule has 0 saturated heterocycles. The van der Waals surface area contributed by atoms with Gasteiger partial charge in [0.25, 0.3) is 0 Å². The molecule has 0 aliphatic heterocycles. The number of carbonyl (C=O) groups excluding carboxylic acids is 1. The molecule has 3 rings (SSSR count). The van der Waals surface area contributed by atoms with Gasteiger partial charge in [-0.25, -0.2) is 0 Å². The summed E-state index contributed by atoms with van der Waals surface area (Å²) in [5.41, 5.74) is 0.742. The third kappa shape index (κ3) is 5.06. The fourth-order valence-electron chi connectivity index (χ4n) is 3.24. The molecule has 8 heteroatoms. The quantitative estimate of drug-likeness (QED) is 0.585. The number of aromatic nitrogens is 4. The lowest BCUT2D eigenvalue weighted by Crippen LogP contribution is -2.29. The Labute approximate surface area is 175 Å². The van der Waals surface area contributed by atoms with Crippen LogP contribution in [0.3, 0.4) is 0 Å². The van der Waals surface area contributed by atoms with E-state index in [0.29, 0.717) is 37.7 Å². The van der Waals surface area contributed by atoms with E-state index in [-0.39, 0.29) is 23.0 Å². The molecule has 1 atom stereocenters. The van der Waals surface area contributed by atoms with E-state index in [4.69, 9.17) is 4.74 Å². The molecule has 0 aliphatic rings. The molecule has 0 bridgehead atoms. The molecule has 1 unspecified atom stereocenters. The Balaban J connectivity index is 1.75. The van der Waals surface area contributed by atoms with Crippen LogP contribution >= 0.6 is 0 Å². The van der Waals surface area contributed by atoms with E-state index in [1.807, 2.05) is 38.1 Å². The van der Waals surface area contributed by atoms with Gasteiger partial charge in [-0.15, -0.1) is 10.2 Å². The lowest BCUT2D eigenvalue weighted by molar-refractivity contribution is -0.122. The van der Waals surface area contributed by atoms with Crippen molar-refractivity contribution in [3.63, 3.8) is 0 Å². The Morgan fingerprint density at radius 1 is 1.13 bits per heavy atom. The maximum atomic E-state index is 12.9. The molecular weight excluding hydrogens is 382 g/mol. The van der Waals surface area contributed by atoms with Gasteiger partial charge in [-0.2, -0.15) is 0 Å². The minimum absolute atomic E-state index is 0.0304. The van der Waals surface area contributed by atoms with Gasteiger partial charge >= 0.3 is 5.56 Å². The second-order valence-corrected chi connectivity index (χ2v) is 7.92. The van der Waals surface area contributed by atoms with Crippen molar-refractivity contribution in [2.75, 3.05) is 13.2 Å². The zero-order valence-corrected chi connectivity index (χ0v) is 18.0. The minimum Gasteiger partial charge on any atom is -0.494 e. The van der Waals surface area contributed by atoms with Crippen LogP contribution in [-0.2, 0) is 11.2 Å². The Hall–Kier alpha value is -3.16. The van der Waals surface area contributed by atoms with Gasteiger partial charge in [0.15, 0.2) is 0 Å². The van der Waals surface area contributed by atoms with Gasteiger partial charge in [0.2, 0.25) is 11.6 Å². The first-order valence-corrected chi connectivity index (χ1v) is 10.3. The summed E-state index contributed by atoms with van der Waals surface area (Å²) < 4.78 is 8.69. The highest BCUT2D eigenvalue weighted by molar-refractivity contribution is 5.76. The molecule has 0 aliphatic carbocycles. The Bertz CT molecular complexity index is 1050. The second kappa shape index (κ2) is 9.56. The highest BCUT2D eigenvalue weighted by Crippen LogP contribution is 2.15. The number of carbonyl (C=O) groups is 1. The van der Waals surface area contributed by atoms with Gasteiger partial charge in [-0.3, -0.25) is 18.6 Å². The smallest absolute Gasteiger partial charge is 0.300 e. The van der Waals surface area contributed by atoms with Crippen LogP contribution in [0.25, 0.3) is 11.3 Å². The van der Waals surface area contributed by atoms with Gasteiger partial charge < -0.3 is 10.1 Å². The minimum atomic E-state index is -0.247. The van der Waals surface area contributed by atoms with Gasteiger partial charge in [-0.1, -0.05) is 20.8 Å². The molecule has 0 saturated carbocycles. The van der Waals surface area contributed by atoms with Crippen molar-refractivity contribution in [3.8, 4) is 11.4 Å². The molecule has 3 aromatic rings. The molecular formula is C22H29N5O3. The van der Waals surface area contributed by atoms with Crippen LogP contribution in [0.5, 0.6) is 5.75 Å². The van der Waals surface area contributed by atoms with Crippen molar-refractivity contribution in [3.05, 3.63) is 52.8 Å². The number of rotatable bonds is 9. The first-order valence-electron chi connectivity index (χ1n) is 10.3. The van der Waals surface area contributed by atoms with Gasteiger partial charge in [0, 0.05) is 37.5 Å². The molecule has 0 radical (unpaired) electrons. The lowest BCUT2D eigenvalue weighted by Gasteiger charge is -2.12. The van der Waals surface area contributed by atoms with E-state index in [9.17, 15) is 9.59 Å². The van der Waals surface area contributed by atoms with Crippen molar-refractivity contribution < 1.29 is 9.53 Å². The van der Waals surface area contributed by atoms with Crippen LogP contribution < -0.4 is 15.6 Å². The summed E-state index contributed by atoms with van der Waals surface area (Å²) in [4.78, 5) is 25.0. The fourth-order valence-corrected chi connectivity index (χ4v) is 3.24. The predicted octanol–water partition coefficient (Wildman–Crippen LogP) is 2.62. The zero-order chi connectivity index (χ0) is 21.7. The fraction of sp³-hybridized carbons (Fsp3) is 0.455. The van der Waals surface area contributed by atoms with E-state index in [1.165, 1.54) is 4.57 Å². The molecule has 1 N–H and O–H groups in total. The van der Waals surface area contributed by atoms with E-state index >= 15 is 0 Å². The number of amides is 1. The summed E-state index contributed by atoms with van der Waals surface area (Å²) in [6.45, 7) is 9.31. The molecule has 1 amide bonds. The van der Waals surface area contributed by atoms with Crippen LogP contribution in [-0.4, -0.2) is 38.2 Å². The van der Waals surface area contributed by atoms with Crippen LogP contribution in [0.15, 0.2) is 41.5 Å². The number of hydrogen-bond acceptors (Lipinski definition) is 5. The Kier molecular flexibility index (Phi) is 6.87. The topological polar surface area (TPSA) is 90.5 Å². The average Bonchev–Trinajstić information content (AvgIpc) is 3.11. The normalized spacial score (nSPS) is 12.3. The first-order chi connectivity index (χ1) is 14.4. The van der Waals surface area contributed by atoms with Crippen molar-refractivity contribution >= 4 is 11.6 Å². The average molecular weight is 412 g/mol. The summed E-state index contributed by atoms with van der Waals surface area (Å²) in [5, 5.41) is 11.2. The largest absolute Gasteiger partial charge is 0.494 e. The van der Waals surface area contributed by atoms with Gasteiger partial charge in [0.05, 0.1) is 6.61 Å².